The van der Waals surface area contributed by atoms with Gasteiger partial charge in [-0.3, -0.25) is 8.99 Å². The maximum absolute atomic E-state index is 12.9. The van der Waals surface area contributed by atoms with Crippen molar-refractivity contribution in [3.05, 3.63) is 42.2 Å². The number of benzene rings is 1. The topological polar surface area (TPSA) is 55.2 Å². The van der Waals surface area contributed by atoms with Gasteiger partial charge < -0.3 is 0 Å². The standard InChI is InChI=1S/C15H19N3O2S/c1-12-6-5-9-18(15-8-4-3-7-14(12)15)21(19,20)13-10-16-17(2)11-13/h3-4,7-8,10-12H,5-6,9H2,1-2H3/t12-/m0/s1. The Morgan fingerprint density at radius 2 is 2.05 bits per heavy atom. The van der Waals surface area contributed by atoms with E-state index in [1.165, 1.54) is 15.2 Å². The molecule has 0 aliphatic carbocycles. The third-order valence-electron chi connectivity index (χ3n) is 4.00. The van der Waals surface area contributed by atoms with Crippen LogP contribution in [0.15, 0.2) is 41.6 Å². The van der Waals surface area contributed by atoms with Crippen LogP contribution in [0.25, 0.3) is 0 Å². The van der Waals surface area contributed by atoms with Gasteiger partial charge in [-0.25, -0.2) is 8.42 Å². The SMILES string of the molecule is C[C@H]1CCCN(S(=O)(=O)c2cnn(C)c2)c2ccccc21. The summed E-state index contributed by atoms with van der Waals surface area (Å²) in [4.78, 5) is 0.245. The van der Waals surface area contributed by atoms with Crippen molar-refractivity contribution in [3.63, 3.8) is 0 Å². The maximum Gasteiger partial charge on any atom is 0.267 e. The molecule has 2 heterocycles. The van der Waals surface area contributed by atoms with Crippen LogP contribution in [-0.2, 0) is 17.1 Å². The third kappa shape index (κ3) is 2.44. The minimum absolute atomic E-state index is 0.245. The minimum Gasteiger partial charge on any atom is -0.274 e. The van der Waals surface area contributed by atoms with E-state index in [2.05, 4.69) is 12.0 Å². The van der Waals surface area contributed by atoms with E-state index in [0.717, 1.165) is 24.1 Å². The third-order valence-corrected chi connectivity index (χ3v) is 5.77. The second-order valence-corrected chi connectivity index (χ2v) is 7.39. The molecule has 0 saturated carbocycles. The van der Waals surface area contributed by atoms with Crippen LogP contribution in [0.1, 0.15) is 31.2 Å². The van der Waals surface area contributed by atoms with E-state index in [4.69, 9.17) is 0 Å². The van der Waals surface area contributed by atoms with E-state index < -0.39 is 10.0 Å². The monoisotopic (exact) mass is 305 g/mol. The molecular formula is C15H19N3O2S. The van der Waals surface area contributed by atoms with Crippen LogP contribution in [0.5, 0.6) is 0 Å². The summed E-state index contributed by atoms with van der Waals surface area (Å²) >= 11 is 0. The van der Waals surface area contributed by atoms with Crippen LogP contribution in [0.4, 0.5) is 5.69 Å². The van der Waals surface area contributed by atoms with Crippen LogP contribution in [0, 0.1) is 0 Å². The zero-order valence-electron chi connectivity index (χ0n) is 12.2. The molecule has 21 heavy (non-hydrogen) atoms. The lowest BCUT2D eigenvalue weighted by molar-refractivity contribution is 0.587. The molecule has 112 valence electrons. The van der Waals surface area contributed by atoms with Gasteiger partial charge >= 0.3 is 0 Å². The van der Waals surface area contributed by atoms with Gasteiger partial charge in [-0.1, -0.05) is 25.1 Å². The molecule has 1 aromatic heterocycles. The van der Waals surface area contributed by atoms with Crippen molar-refractivity contribution in [2.45, 2.75) is 30.6 Å². The summed E-state index contributed by atoms with van der Waals surface area (Å²) in [5.41, 5.74) is 1.90. The number of anilines is 1. The van der Waals surface area contributed by atoms with E-state index in [-0.39, 0.29) is 4.90 Å². The number of hydrogen-bond acceptors (Lipinski definition) is 3. The predicted molar refractivity (Wildman–Crippen MR) is 81.8 cm³/mol. The summed E-state index contributed by atoms with van der Waals surface area (Å²) in [6, 6.07) is 7.78. The number of fused-ring (bicyclic) bond motifs is 1. The molecule has 1 aromatic carbocycles. The molecule has 6 heteroatoms. The molecule has 0 radical (unpaired) electrons. The Morgan fingerprint density at radius 3 is 2.76 bits per heavy atom. The molecule has 2 aromatic rings. The average molecular weight is 305 g/mol. The van der Waals surface area contributed by atoms with E-state index >= 15 is 0 Å². The van der Waals surface area contributed by atoms with Gasteiger partial charge in [0.25, 0.3) is 10.0 Å². The number of aryl methyl sites for hydroxylation is 1. The fourth-order valence-electron chi connectivity index (χ4n) is 2.86. The molecule has 3 rings (SSSR count). The zero-order chi connectivity index (χ0) is 15.0. The van der Waals surface area contributed by atoms with Crippen LogP contribution in [-0.4, -0.2) is 24.7 Å². The lowest BCUT2D eigenvalue weighted by Gasteiger charge is -2.24. The first kappa shape index (κ1) is 14.1. The fraction of sp³-hybridized carbons (Fsp3) is 0.400. The van der Waals surface area contributed by atoms with E-state index in [1.54, 1.807) is 13.2 Å². The molecule has 1 atom stereocenters. The van der Waals surface area contributed by atoms with Crippen LogP contribution >= 0.6 is 0 Å². The van der Waals surface area contributed by atoms with Gasteiger partial charge in [0, 0.05) is 19.8 Å². The Morgan fingerprint density at radius 1 is 1.29 bits per heavy atom. The normalized spacial score (nSPS) is 19.1. The van der Waals surface area contributed by atoms with Crippen LogP contribution in [0.3, 0.4) is 0 Å². The Hall–Kier alpha value is -1.82. The maximum atomic E-state index is 12.9. The second-order valence-electron chi connectivity index (χ2n) is 5.53. The minimum atomic E-state index is -3.55. The Labute approximate surface area is 125 Å². The molecule has 0 fully saturated rings. The molecule has 0 saturated heterocycles. The highest BCUT2D eigenvalue weighted by molar-refractivity contribution is 7.92. The summed E-state index contributed by atoms with van der Waals surface area (Å²) in [5, 5.41) is 3.98. The second kappa shape index (κ2) is 5.18. The van der Waals surface area contributed by atoms with Crippen LogP contribution in [0.2, 0.25) is 0 Å². The number of nitrogens with zero attached hydrogens (tertiary/aromatic N) is 3. The molecule has 1 aliphatic rings. The first-order chi connectivity index (χ1) is 10.00. The highest BCUT2D eigenvalue weighted by atomic mass is 32.2. The summed E-state index contributed by atoms with van der Waals surface area (Å²) < 4.78 is 28.8. The van der Waals surface area contributed by atoms with Crippen molar-refractivity contribution in [1.82, 2.24) is 9.78 Å². The average Bonchev–Trinajstić information content (AvgIpc) is 2.83. The lowest BCUT2D eigenvalue weighted by atomic mass is 9.96. The summed E-state index contributed by atoms with van der Waals surface area (Å²) in [6.07, 6.45) is 4.81. The van der Waals surface area contributed by atoms with Crippen molar-refractivity contribution < 1.29 is 8.42 Å². The first-order valence-corrected chi connectivity index (χ1v) is 8.54. The Balaban J connectivity index is 2.12. The zero-order valence-corrected chi connectivity index (χ0v) is 13.0. The molecule has 0 amide bonds. The molecule has 0 spiro atoms. The van der Waals surface area contributed by atoms with Gasteiger partial charge in [-0.15, -0.1) is 0 Å². The van der Waals surface area contributed by atoms with Crippen LogP contribution < -0.4 is 4.31 Å². The summed E-state index contributed by atoms with van der Waals surface area (Å²) in [7, 11) is -1.83. The highest BCUT2D eigenvalue weighted by Gasteiger charge is 2.30. The summed E-state index contributed by atoms with van der Waals surface area (Å²) in [5.74, 6) is 0.371. The first-order valence-electron chi connectivity index (χ1n) is 7.10. The Kier molecular flexibility index (Phi) is 3.49. The predicted octanol–water partition coefficient (Wildman–Crippen LogP) is 2.51. The van der Waals surface area contributed by atoms with Gasteiger partial charge in [-0.05, 0) is 30.4 Å². The number of aromatic nitrogens is 2. The Bertz CT molecular complexity index is 752. The molecular weight excluding hydrogens is 286 g/mol. The molecule has 0 unspecified atom stereocenters. The van der Waals surface area contributed by atoms with E-state index in [9.17, 15) is 8.42 Å². The number of rotatable bonds is 2. The van der Waals surface area contributed by atoms with Crippen molar-refractivity contribution >= 4 is 15.7 Å². The quantitative estimate of drug-likeness (QED) is 0.856. The smallest absolute Gasteiger partial charge is 0.267 e. The number of para-hydroxylation sites is 1. The molecule has 5 nitrogen and oxygen atoms in total. The van der Waals surface area contributed by atoms with Gasteiger partial charge in [0.1, 0.15) is 4.90 Å². The van der Waals surface area contributed by atoms with Gasteiger partial charge in [0.05, 0.1) is 11.9 Å². The van der Waals surface area contributed by atoms with Gasteiger partial charge in [-0.2, -0.15) is 5.10 Å². The largest absolute Gasteiger partial charge is 0.274 e. The highest BCUT2D eigenvalue weighted by Crippen LogP contribution is 2.36. The van der Waals surface area contributed by atoms with Crippen molar-refractivity contribution in [2.75, 3.05) is 10.8 Å². The lowest BCUT2D eigenvalue weighted by Crippen LogP contribution is -2.31. The van der Waals surface area contributed by atoms with Gasteiger partial charge in [0.15, 0.2) is 0 Å². The summed E-state index contributed by atoms with van der Waals surface area (Å²) in [6.45, 7) is 2.66. The van der Waals surface area contributed by atoms with Gasteiger partial charge in [0.2, 0.25) is 0 Å². The molecule has 0 N–H and O–H groups in total. The molecule has 0 bridgehead atoms. The number of sulfonamides is 1. The molecule has 1 aliphatic heterocycles. The van der Waals surface area contributed by atoms with E-state index in [0.29, 0.717) is 12.5 Å². The fourth-order valence-corrected chi connectivity index (χ4v) is 4.37. The van der Waals surface area contributed by atoms with E-state index in [1.807, 2.05) is 24.3 Å². The van der Waals surface area contributed by atoms with Crippen molar-refractivity contribution in [3.8, 4) is 0 Å². The van der Waals surface area contributed by atoms with Crippen molar-refractivity contribution in [1.29, 1.82) is 0 Å². The van der Waals surface area contributed by atoms with Crippen molar-refractivity contribution in [2.24, 2.45) is 7.05 Å². The number of hydrogen-bond donors (Lipinski definition) is 0.